The molecule has 0 aliphatic heterocycles. The third-order valence-electron chi connectivity index (χ3n) is 3.27. The normalized spacial score (nSPS) is 10.2. The second-order valence-corrected chi connectivity index (χ2v) is 4.73. The second kappa shape index (κ2) is 7.43. The average Bonchev–Trinajstić information content (AvgIpc) is 2.54. The molecule has 2 aromatic rings. The van der Waals surface area contributed by atoms with Crippen molar-refractivity contribution in [3.8, 4) is 0 Å². The molecule has 0 unspecified atom stereocenters. The number of carbonyl (C=O) groups excluding carboxylic acids is 1. The lowest BCUT2D eigenvalue weighted by Crippen LogP contribution is -2.31. The van der Waals surface area contributed by atoms with Crippen LogP contribution in [0.3, 0.4) is 0 Å². The summed E-state index contributed by atoms with van der Waals surface area (Å²) >= 11 is 0. The van der Waals surface area contributed by atoms with Crippen LogP contribution in [0.1, 0.15) is 29.8 Å². The van der Waals surface area contributed by atoms with E-state index >= 15 is 0 Å². The van der Waals surface area contributed by atoms with Crippen LogP contribution in [0.5, 0.6) is 0 Å². The molecule has 1 heterocycles. The third kappa shape index (κ3) is 3.81. The predicted octanol–water partition coefficient (Wildman–Crippen LogP) is 3.18. The third-order valence-corrected chi connectivity index (χ3v) is 3.27. The Hall–Kier alpha value is -2.36. The summed E-state index contributed by atoms with van der Waals surface area (Å²) in [5, 5.41) is 3.14. The molecule has 0 aliphatic carbocycles. The maximum Gasteiger partial charge on any atom is 0.257 e. The minimum atomic E-state index is 0.00500. The zero-order valence-corrected chi connectivity index (χ0v) is 12.5. The molecule has 0 atom stereocenters. The first-order valence-corrected chi connectivity index (χ1v) is 7.28. The van der Waals surface area contributed by atoms with Gasteiger partial charge in [0.25, 0.3) is 5.91 Å². The van der Waals surface area contributed by atoms with E-state index in [1.165, 1.54) is 0 Å². The SMILES string of the molecule is CCNc1ncccc1C(=O)N(CC)Cc1ccccc1. The highest BCUT2D eigenvalue weighted by molar-refractivity contribution is 5.98. The predicted molar refractivity (Wildman–Crippen MR) is 85.3 cm³/mol. The molecule has 0 radical (unpaired) electrons. The molecule has 1 amide bonds. The van der Waals surface area contributed by atoms with Gasteiger partial charge in [0.05, 0.1) is 5.56 Å². The summed E-state index contributed by atoms with van der Waals surface area (Å²) in [6, 6.07) is 13.6. The first-order valence-electron chi connectivity index (χ1n) is 7.28. The van der Waals surface area contributed by atoms with E-state index in [4.69, 9.17) is 0 Å². The van der Waals surface area contributed by atoms with Crippen molar-refractivity contribution in [2.45, 2.75) is 20.4 Å². The number of amides is 1. The van der Waals surface area contributed by atoms with Gasteiger partial charge in [-0.3, -0.25) is 4.79 Å². The molecule has 110 valence electrons. The zero-order valence-electron chi connectivity index (χ0n) is 12.5. The van der Waals surface area contributed by atoms with E-state index in [2.05, 4.69) is 10.3 Å². The topological polar surface area (TPSA) is 45.2 Å². The van der Waals surface area contributed by atoms with Gasteiger partial charge in [0, 0.05) is 25.8 Å². The Morgan fingerprint density at radius 1 is 1.14 bits per heavy atom. The summed E-state index contributed by atoms with van der Waals surface area (Å²) in [6.45, 7) is 5.99. The van der Waals surface area contributed by atoms with Crippen molar-refractivity contribution in [1.82, 2.24) is 9.88 Å². The number of nitrogens with one attached hydrogen (secondary N) is 1. The van der Waals surface area contributed by atoms with Crippen LogP contribution in [-0.2, 0) is 6.54 Å². The summed E-state index contributed by atoms with van der Waals surface area (Å²) in [7, 11) is 0. The monoisotopic (exact) mass is 283 g/mol. The minimum Gasteiger partial charge on any atom is -0.370 e. The highest BCUT2D eigenvalue weighted by atomic mass is 16.2. The molecule has 1 aromatic heterocycles. The summed E-state index contributed by atoms with van der Waals surface area (Å²) in [4.78, 5) is 18.8. The Morgan fingerprint density at radius 2 is 1.90 bits per heavy atom. The number of benzene rings is 1. The van der Waals surface area contributed by atoms with Gasteiger partial charge in [-0.05, 0) is 31.5 Å². The van der Waals surface area contributed by atoms with E-state index in [0.29, 0.717) is 24.5 Å². The van der Waals surface area contributed by atoms with Gasteiger partial charge in [-0.2, -0.15) is 0 Å². The molecule has 4 heteroatoms. The molecule has 0 fully saturated rings. The molecule has 0 saturated carbocycles. The number of nitrogens with zero attached hydrogens (tertiary/aromatic N) is 2. The zero-order chi connectivity index (χ0) is 15.1. The average molecular weight is 283 g/mol. The second-order valence-electron chi connectivity index (χ2n) is 4.73. The fourth-order valence-electron chi connectivity index (χ4n) is 2.19. The fraction of sp³-hybridized carbons (Fsp3) is 0.294. The van der Waals surface area contributed by atoms with Crippen molar-refractivity contribution in [2.75, 3.05) is 18.4 Å². The van der Waals surface area contributed by atoms with Crippen molar-refractivity contribution in [3.63, 3.8) is 0 Å². The van der Waals surface area contributed by atoms with Crippen LogP contribution in [-0.4, -0.2) is 28.9 Å². The van der Waals surface area contributed by atoms with Crippen molar-refractivity contribution >= 4 is 11.7 Å². The maximum absolute atomic E-state index is 12.7. The minimum absolute atomic E-state index is 0.00500. The van der Waals surface area contributed by atoms with Crippen molar-refractivity contribution in [1.29, 1.82) is 0 Å². The highest BCUT2D eigenvalue weighted by Crippen LogP contribution is 2.16. The van der Waals surface area contributed by atoms with E-state index in [0.717, 1.165) is 12.1 Å². The summed E-state index contributed by atoms with van der Waals surface area (Å²) < 4.78 is 0. The molecular formula is C17H21N3O. The van der Waals surface area contributed by atoms with Gasteiger partial charge in [-0.25, -0.2) is 4.98 Å². The molecule has 0 aliphatic rings. The van der Waals surface area contributed by atoms with E-state index in [1.807, 2.05) is 55.1 Å². The van der Waals surface area contributed by atoms with Gasteiger partial charge in [0.2, 0.25) is 0 Å². The Balaban J connectivity index is 2.20. The standard InChI is InChI=1S/C17H21N3O/c1-3-18-16-15(11-8-12-19-16)17(21)20(4-2)13-14-9-6-5-7-10-14/h5-12H,3-4,13H2,1-2H3,(H,18,19). The van der Waals surface area contributed by atoms with E-state index < -0.39 is 0 Å². The summed E-state index contributed by atoms with van der Waals surface area (Å²) in [6.07, 6.45) is 1.70. The van der Waals surface area contributed by atoms with Crippen LogP contribution in [0.2, 0.25) is 0 Å². The smallest absolute Gasteiger partial charge is 0.257 e. The molecule has 21 heavy (non-hydrogen) atoms. The molecule has 2 rings (SSSR count). The molecular weight excluding hydrogens is 262 g/mol. The van der Waals surface area contributed by atoms with Crippen LogP contribution in [0.15, 0.2) is 48.7 Å². The Morgan fingerprint density at radius 3 is 2.57 bits per heavy atom. The highest BCUT2D eigenvalue weighted by Gasteiger charge is 2.18. The van der Waals surface area contributed by atoms with E-state index in [-0.39, 0.29) is 5.91 Å². The largest absolute Gasteiger partial charge is 0.370 e. The number of carbonyl (C=O) groups is 1. The van der Waals surface area contributed by atoms with Crippen LogP contribution >= 0.6 is 0 Å². The van der Waals surface area contributed by atoms with Crippen LogP contribution in [0, 0.1) is 0 Å². The summed E-state index contributed by atoms with van der Waals surface area (Å²) in [5.74, 6) is 0.655. The Labute approximate surface area is 125 Å². The van der Waals surface area contributed by atoms with Crippen molar-refractivity contribution in [2.24, 2.45) is 0 Å². The quantitative estimate of drug-likeness (QED) is 0.885. The first kappa shape index (κ1) is 15.0. The van der Waals surface area contributed by atoms with Gasteiger partial charge < -0.3 is 10.2 Å². The number of anilines is 1. The molecule has 0 bridgehead atoms. The molecule has 4 nitrogen and oxygen atoms in total. The van der Waals surface area contributed by atoms with Crippen molar-refractivity contribution < 1.29 is 4.79 Å². The van der Waals surface area contributed by atoms with E-state index in [1.54, 1.807) is 12.3 Å². The van der Waals surface area contributed by atoms with Gasteiger partial charge in [-0.1, -0.05) is 30.3 Å². The lowest BCUT2D eigenvalue weighted by Gasteiger charge is -2.22. The van der Waals surface area contributed by atoms with E-state index in [9.17, 15) is 4.79 Å². The van der Waals surface area contributed by atoms with Crippen molar-refractivity contribution in [3.05, 3.63) is 59.8 Å². The lowest BCUT2D eigenvalue weighted by molar-refractivity contribution is 0.0753. The molecule has 1 N–H and O–H groups in total. The number of hydrogen-bond acceptors (Lipinski definition) is 3. The Kier molecular flexibility index (Phi) is 5.32. The number of rotatable bonds is 6. The molecule has 0 spiro atoms. The van der Waals surface area contributed by atoms with Gasteiger partial charge >= 0.3 is 0 Å². The number of pyridine rings is 1. The van der Waals surface area contributed by atoms with Gasteiger partial charge in [0.15, 0.2) is 0 Å². The van der Waals surface area contributed by atoms with Gasteiger partial charge in [-0.15, -0.1) is 0 Å². The first-order chi connectivity index (χ1) is 10.3. The molecule has 0 saturated heterocycles. The van der Waals surface area contributed by atoms with Gasteiger partial charge in [0.1, 0.15) is 5.82 Å². The van der Waals surface area contributed by atoms with Crippen LogP contribution in [0.4, 0.5) is 5.82 Å². The Bertz CT molecular complexity index is 584. The lowest BCUT2D eigenvalue weighted by atomic mass is 10.1. The fourth-order valence-corrected chi connectivity index (χ4v) is 2.19. The molecule has 1 aromatic carbocycles. The summed E-state index contributed by atoms with van der Waals surface area (Å²) in [5.41, 5.74) is 1.75. The number of aromatic nitrogens is 1. The number of hydrogen-bond donors (Lipinski definition) is 1. The van der Waals surface area contributed by atoms with Crippen LogP contribution in [0.25, 0.3) is 0 Å². The maximum atomic E-state index is 12.7. The van der Waals surface area contributed by atoms with Crippen LogP contribution < -0.4 is 5.32 Å².